The molecule has 0 aromatic carbocycles. The molecule has 4 nitrogen and oxygen atoms in total. The van der Waals surface area contributed by atoms with Crippen molar-refractivity contribution in [2.75, 3.05) is 7.05 Å². The Hall–Kier alpha value is -1.20. The van der Waals surface area contributed by atoms with Crippen molar-refractivity contribution in [3.05, 3.63) is 33.5 Å². The average molecular weight is 306 g/mol. The minimum atomic E-state index is 0.117. The summed E-state index contributed by atoms with van der Waals surface area (Å²) in [6.07, 6.45) is 0.905. The van der Waals surface area contributed by atoms with Gasteiger partial charge < -0.3 is 5.32 Å². The lowest BCUT2D eigenvalue weighted by molar-refractivity contribution is 0.509. The van der Waals surface area contributed by atoms with E-state index in [9.17, 15) is 0 Å². The Labute approximate surface area is 131 Å². The number of aromatic nitrogens is 3. The van der Waals surface area contributed by atoms with E-state index in [2.05, 4.69) is 54.2 Å². The van der Waals surface area contributed by atoms with Crippen molar-refractivity contribution in [2.45, 2.75) is 59.0 Å². The molecule has 0 saturated carbocycles. The molecule has 2 rings (SSSR count). The number of nitrogens with zero attached hydrogens (tertiary/aromatic N) is 3. The summed E-state index contributed by atoms with van der Waals surface area (Å²) in [5, 5.41) is 11.3. The SMILES string of the molecule is CCn1nc(C)cc1C(Cc1nc(C(C)(C)C)cs1)NC. The van der Waals surface area contributed by atoms with E-state index in [1.54, 1.807) is 11.3 Å². The van der Waals surface area contributed by atoms with Crippen LogP contribution in [-0.4, -0.2) is 21.8 Å². The highest BCUT2D eigenvalue weighted by Gasteiger charge is 2.21. The zero-order chi connectivity index (χ0) is 15.6. The van der Waals surface area contributed by atoms with Crippen molar-refractivity contribution < 1.29 is 0 Å². The molecule has 2 aromatic rings. The molecule has 2 aromatic heterocycles. The van der Waals surface area contributed by atoms with Gasteiger partial charge in [-0.2, -0.15) is 5.10 Å². The molecule has 5 heteroatoms. The van der Waals surface area contributed by atoms with Crippen molar-refractivity contribution in [1.29, 1.82) is 0 Å². The maximum absolute atomic E-state index is 4.81. The molecule has 0 aliphatic rings. The second kappa shape index (κ2) is 6.28. The highest BCUT2D eigenvalue weighted by Crippen LogP contribution is 2.27. The predicted molar refractivity (Wildman–Crippen MR) is 89.0 cm³/mol. The monoisotopic (exact) mass is 306 g/mol. The summed E-state index contributed by atoms with van der Waals surface area (Å²) in [6.45, 7) is 11.7. The second-order valence-corrected chi connectivity index (χ2v) is 7.39. The van der Waals surface area contributed by atoms with Crippen LogP contribution in [-0.2, 0) is 18.4 Å². The van der Waals surface area contributed by atoms with Crippen LogP contribution in [0, 0.1) is 6.92 Å². The lowest BCUT2D eigenvalue weighted by atomic mass is 9.93. The van der Waals surface area contributed by atoms with E-state index in [-0.39, 0.29) is 11.5 Å². The highest BCUT2D eigenvalue weighted by molar-refractivity contribution is 7.09. The van der Waals surface area contributed by atoms with Gasteiger partial charge >= 0.3 is 0 Å². The standard InChI is InChI=1S/C16H26N4S/c1-7-20-13(8-11(2)19-20)12(17-6)9-15-18-14(10-21-15)16(3,4)5/h8,10,12,17H,7,9H2,1-6H3. The summed E-state index contributed by atoms with van der Waals surface area (Å²) < 4.78 is 2.08. The van der Waals surface area contributed by atoms with Gasteiger partial charge in [-0.05, 0) is 27.0 Å². The van der Waals surface area contributed by atoms with Gasteiger partial charge in [0.25, 0.3) is 0 Å². The van der Waals surface area contributed by atoms with Gasteiger partial charge in [-0.3, -0.25) is 4.68 Å². The van der Waals surface area contributed by atoms with Gasteiger partial charge in [-0.1, -0.05) is 20.8 Å². The van der Waals surface area contributed by atoms with Gasteiger partial charge in [0, 0.05) is 23.8 Å². The van der Waals surface area contributed by atoms with Gasteiger partial charge in [-0.25, -0.2) is 4.98 Å². The summed E-state index contributed by atoms with van der Waals surface area (Å²) >= 11 is 1.75. The molecule has 0 amide bonds. The minimum Gasteiger partial charge on any atom is -0.311 e. The van der Waals surface area contributed by atoms with Crippen molar-refractivity contribution in [3.63, 3.8) is 0 Å². The van der Waals surface area contributed by atoms with Crippen LogP contribution in [0.4, 0.5) is 0 Å². The van der Waals surface area contributed by atoms with Crippen LogP contribution in [0.5, 0.6) is 0 Å². The molecular formula is C16H26N4S. The Balaban J connectivity index is 2.21. The molecule has 2 heterocycles. The van der Waals surface area contributed by atoms with Gasteiger partial charge in [0.2, 0.25) is 0 Å². The van der Waals surface area contributed by atoms with Crippen LogP contribution in [0.1, 0.15) is 55.8 Å². The van der Waals surface area contributed by atoms with Crippen molar-refractivity contribution in [3.8, 4) is 0 Å². The van der Waals surface area contributed by atoms with Crippen LogP contribution < -0.4 is 5.32 Å². The number of thiazole rings is 1. The first kappa shape index (κ1) is 16.2. The Kier molecular flexibility index (Phi) is 4.84. The summed E-state index contributed by atoms with van der Waals surface area (Å²) in [6, 6.07) is 2.42. The maximum atomic E-state index is 4.81. The summed E-state index contributed by atoms with van der Waals surface area (Å²) in [4.78, 5) is 4.81. The lowest BCUT2D eigenvalue weighted by Gasteiger charge is -2.17. The van der Waals surface area contributed by atoms with E-state index >= 15 is 0 Å². The van der Waals surface area contributed by atoms with E-state index in [1.165, 1.54) is 16.4 Å². The smallest absolute Gasteiger partial charge is 0.0948 e. The third-order valence-corrected chi connectivity index (χ3v) is 4.51. The maximum Gasteiger partial charge on any atom is 0.0948 e. The Bertz CT molecular complexity index is 592. The molecule has 1 unspecified atom stereocenters. The molecule has 0 radical (unpaired) electrons. The molecule has 0 spiro atoms. The molecule has 0 saturated heterocycles. The van der Waals surface area contributed by atoms with Crippen LogP contribution in [0.15, 0.2) is 11.4 Å². The second-order valence-electron chi connectivity index (χ2n) is 6.45. The first-order chi connectivity index (χ1) is 9.85. The average Bonchev–Trinajstić information content (AvgIpc) is 3.01. The summed E-state index contributed by atoms with van der Waals surface area (Å²) in [5.74, 6) is 0. The Morgan fingerprint density at radius 2 is 2.10 bits per heavy atom. The fourth-order valence-corrected chi connectivity index (χ4v) is 3.45. The van der Waals surface area contributed by atoms with Crippen LogP contribution in [0.25, 0.3) is 0 Å². The fraction of sp³-hybridized carbons (Fsp3) is 0.625. The first-order valence-corrected chi connectivity index (χ1v) is 8.39. The van der Waals surface area contributed by atoms with Gasteiger partial charge in [0.05, 0.1) is 28.1 Å². The highest BCUT2D eigenvalue weighted by atomic mass is 32.1. The van der Waals surface area contributed by atoms with Crippen molar-refractivity contribution in [2.24, 2.45) is 0 Å². The van der Waals surface area contributed by atoms with E-state index in [4.69, 9.17) is 4.98 Å². The number of hydrogen-bond donors (Lipinski definition) is 1. The Morgan fingerprint density at radius 1 is 1.38 bits per heavy atom. The van der Waals surface area contributed by atoms with E-state index < -0.39 is 0 Å². The predicted octanol–water partition coefficient (Wildman–Crippen LogP) is 3.47. The number of rotatable bonds is 5. The number of likely N-dealkylation sites (N-methyl/N-ethyl adjacent to an activating group) is 1. The van der Waals surface area contributed by atoms with Crippen molar-refractivity contribution >= 4 is 11.3 Å². The number of hydrogen-bond acceptors (Lipinski definition) is 4. The van der Waals surface area contributed by atoms with Gasteiger partial charge in [-0.15, -0.1) is 11.3 Å². The van der Waals surface area contributed by atoms with Gasteiger partial charge in [0.1, 0.15) is 0 Å². The van der Waals surface area contributed by atoms with Gasteiger partial charge in [0.15, 0.2) is 0 Å². The van der Waals surface area contributed by atoms with Crippen LogP contribution in [0.3, 0.4) is 0 Å². The largest absolute Gasteiger partial charge is 0.311 e. The summed E-state index contributed by atoms with van der Waals surface area (Å²) in [7, 11) is 2.01. The minimum absolute atomic E-state index is 0.117. The quantitative estimate of drug-likeness (QED) is 0.920. The van der Waals surface area contributed by atoms with Crippen molar-refractivity contribution in [1.82, 2.24) is 20.1 Å². The molecule has 1 N–H and O–H groups in total. The topological polar surface area (TPSA) is 42.7 Å². The van der Waals surface area contributed by atoms with Crippen LogP contribution >= 0.6 is 11.3 Å². The third kappa shape index (κ3) is 3.71. The number of nitrogens with one attached hydrogen (secondary N) is 1. The number of aryl methyl sites for hydroxylation is 2. The molecule has 0 aliphatic heterocycles. The van der Waals surface area contributed by atoms with E-state index in [0.717, 1.165) is 18.7 Å². The van der Waals surface area contributed by atoms with E-state index in [1.807, 2.05) is 14.0 Å². The third-order valence-electron chi connectivity index (χ3n) is 3.64. The molecule has 1 atom stereocenters. The zero-order valence-corrected chi connectivity index (χ0v) is 14.7. The molecule has 116 valence electrons. The molecule has 0 aliphatic carbocycles. The summed E-state index contributed by atoms with van der Waals surface area (Å²) in [5.41, 5.74) is 3.61. The Morgan fingerprint density at radius 3 is 2.62 bits per heavy atom. The van der Waals surface area contributed by atoms with E-state index in [0.29, 0.717) is 0 Å². The molecule has 21 heavy (non-hydrogen) atoms. The molecular weight excluding hydrogens is 280 g/mol. The molecule has 0 bridgehead atoms. The molecule has 0 fully saturated rings. The first-order valence-electron chi connectivity index (χ1n) is 7.51. The fourth-order valence-electron chi connectivity index (χ4n) is 2.38. The normalized spacial score (nSPS) is 13.6. The van der Waals surface area contributed by atoms with Crippen LogP contribution in [0.2, 0.25) is 0 Å². The lowest BCUT2D eigenvalue weighted by Crippen LogP contribution is -2.22. The zero-order valence-electron chi connectivity index (χ0n) is 13.9.